The molecule has 6 heteroatoms. The zero-order chi connectivity index (χ0) is 17.6. The predicted molar refractivity (Wildman–Crippen MR) is 97.9 cm³/mol. The van der Waals surface area contributed by atoms with Gasteiger partial charge in [-0.1, -0.05) is 6.07 Å². The molecule has 3 rings (SSSR count). The molecule has 0 atom stereocenters. The van der Waals surface area contributed by atoms with E-state index < -0.39 is 0 Å². The van der Waals surface area contributed by atoms with E-state index in [0.717, 1.165) is 49.3 Å². The Morgan fingerprint density at radius 2 is 2.08 bits per heavy atom. The topological polar surface area (TPSA) is 74.4 Å². The predicted octanol–water partition coefficient (Wildman–Crippen LogP) is 1.22. The minimum atomic E-state index is -0.0557. The summed E-state index contributed by atoms with van der Waals surface area (Å²) in [5, 5.41) is 3.99. The van der Waals surface area contributed by atoms with Crippen molar-refractivity contribution in [3.8, 4) is 0 Å². The number of carbonyl (C=O) groups excluding carboxylic acids is 1. The molecule has 1 amide bonds. The molecular weight excluding hydrogens is 318 g/mol. The van der Waals surface area contributed by atoms with E-state index in [0.29, 0.717) is 24.9 Å². The van der Waals surface area contributed by atoms with Crippen LogP contribution >= 0.6 is 0 Å². The summed E-state index contributed by atoms with van der Waals surface area (Å²) < 4.78 is 5.31. The number of rotatable bonds is 6. The highest BCUT2D eigenvalue weighted by Gasteiger charge is 2.10. The quantitative estimate of drug-likeness (QED) is 0.827. The van der Waals surface area contributed by atoms with Crippen molar-refractivity contribution in [1.29, 1.82) is 0 Å². The summed E-state index contributed by atoms with van der Waals surface area (Å²) in [6.07, 6.45) is 1.16. The molecule has 2 aromatic rings. The first-order valence-corrected chi connectivity index (χ1v) is 8.81. The highest BCUT2D eigenvalue weighted by atomic mass is 16.5. The SMILES string of the molecule is Cc1cc2cc(CCC(=O)NCCN3CCOCC3)ccc2[nH]c1=O. The molecule has 0 radical (unpaired) electrons. The van der Waals surface area contributed by atoms with Crippen molar-refractivity contribution in [3.05, 3.63) is 45.7 Å². The number of benzene rings is 1. The van der Waals surface area contributed by atoms with E-state index in [-0.39, 0.29) is 11.5 Å². The first-order valence-electron chi connectivity index (χ1n) is 8.81. The summed E-state index contributed by atoms with van der Waals surface area (Å²) in [6, 6.07) is 7.80. The number of ether oxygens (including phenoxy) is 1. The molecule has 0 bridgehead atoms. The second kappa shape index (κ2) is 8.27. The Labute approximate surface area is 147 Å². The first kappa shape index (κ1) is 17.6. The zero-order valence-corrected chi connectivity index (χ0v) is 14.6. The standard InChI is InChI=1S/C19H25N3O3/c1-14-12-16-13-15(2-4-17(16)21-19(14)24)3-5-18(23)20-6-7-22-8-10-25-11-9-22/h2,4,12-13H,3,5-11H2,1H3,(H,20,23)(H,21,24). The molecule has 1 aromatic carbocycles. The van der Waals surface area contributed by atoms with E-state index in [1.54, 1.807) is 6.92 Å². The number of aromatic amines is 1. The van der Waals surface area contributed by atoms with Gasteiger partial charge in [-0.3, -0.25) is 14.5 Å². The summed E-state index contributed by atoms with van der Waals surface area (Å²) in [4.78, 5) is 28.8. The van der Waals surface area contributed by atoms with Crippen LogP contribution in [0.2, 0.25) is 0 Å². The number of nitrogens with one attached hydrogen (secondary N) is 2. The van der Waals surface area contributed by atoms with Gasteiger partial charge in [0.25, 0.3) is 5.56 Å². The molecule has 1 fully saturated rings. The van der Waals surface area contributed by atoms with Gasteiger partial charge in [-0.05, 0) is 42.5 Å². The molecular formula is C19H25N3O3. The maximum absolute atomic E-state index is 12.0. The molecule has 2 N–H and O–H groups in total. The number of carbonyl (C=O) groups is 1. The Balaban J connectivity index is 1.47. The maximum Gasteiger partial charge on any atom is 0.251 e. The van der Waals surface area contributed by atoms with Crippen LogP contribution in [0.1, 0.15) is 17.5 Å². The van der Waals surface area contributed by atoms with Crippen LogP contribution < -0.4 is 10.9 Å². The molecule has 0 saturated carbocycles. The monoisotopic (exact) mass is 343 g/mol. The number of aromatic nitrogens is 1. The van der Waals surface area contributed by atoms with Gasteiger partial charge < -0.3 is 15.0 Å². The van der Waals surface area contributed by atoms with Crippen molar-refractivity contribution in [2.75, 3.05) is 39.4 Å². The molecule has 1 saturated heterocycles. The van der Waals surface area contributed by atoms with Gasteiger partial charge in [-0.2, -0.15) is 0 Å². The van der Waals surface area contributed by atoms with Gasteiger partial charge in [0.2, 0.25) is 5.91 Å². The molecule has 134 valence electrons. The Morgan fingerprint density at radius 3 is 2.88 bits per heavy atom. The fraction of sp³-hybridized carbons (Fsp3) is 0.474. The summed E-state index contributed by atoms with van der Waals surface area (Å²) in [5.74, 6) is 0.0750. The van der Waals surface area contributed by atoms with Crippen LogP contribution in [0.25, 0.3) is 10.9 Å². The lowest BCUT2D eigenvalue weighted by atomic mass is 10.1. The van der Waals surface area contributed by atoms with Gasteiger partial charge in [-0.25, -0.2) is 0 Å². The second-order valence-corrected chi connectivity index (χ2v) is 6.51. The molecule has 6 nitrogen and oxygen atoms in total. The van der Waals surface area contributed by atoms with Crippen LogP contribution in [0.5, 0.6) is 0 Å². The largest absolute Gasteiger partial charge is 0.379 e. The molecule has 1 aromatic heterocycles. The fourth-order valence-electron chi connectivity index (χ4n) is 3.05. The Bertz CT molecular complexity index is 794. The summed E-state index contributed by atoms with van der Waals surface area (Å²) in [5.41, 5.74) is 2.57. The second-order valence-electron chi connectivity index (χ2n) is 6.51. The highest BCUT2D eigenvalue weighted by molar-refractivity contribution is 5.80. The molecule has 0 aliphatic carbocycles. The van der Waals surface area contributed by atoms with E-state index >= 15 is 0 Å². The Hall–Kier alpha value is -2.18. The maximum atomic E-state index is 12.0. The summed E-state index contributed by atoms with van der Waals surface area (Å²) in [7, 11) is 0. The number of pyridine rings is 1. The normalized spacial score (nSPS) is 15.4. The van der Waals surface area contributed by atoms with Gasteiger partial charge in [-0.15, -0.1) is 0 Å². The third-order valence-electron chi connectivity index (χ3n) is 4.59. The lowest BCUT2D eigenvalue weighted by molar-refractivity contribution is -0.121. The van der Waals surface area contributed by atoms with Crippen LogP contribution in [0, 0.1) is 6.92 Å². The zero-order valence-electron chi connectivity index (χ0n) is 14.6. The summed E-state index contributed by atoms with van der Waals surface area (Å²) >= 11 is 0. The number of hydrogen-bond donors (Lipinski definition) is 2. The molecule has 1 aliphatic rings. The van der Waals surface area contributed by atoms with Crippen molar-refractivity contribution in [2.24, 2.45) is 0 Å². The highest BCUT2D eigenvalue weighted by Crippen LogP contribution is 2.14. The van der Waals surface area contributed by atoms with Crippen molar-refractivity contribution in [3.63, 3.8) is 0 Å². The van der Waals surface area contributed by atoms with E-state index in [2.05, 4.69) is 15.2 Å². The van der Waals surface area contributed by atoms with Crippen molar-refractivity contribution in [2.45, 2.75) is 19.8 Å². The number of fused-ring (bicyclic) bond motifs is 1. The fourth-order valence-corrected chi connectivity index (χ4v) is 3.05. The van der Waals surface area contributed by atoms with Gasteiger partial charge in [0.1, 0.15) is 0 Å². The van der Waals surface area contributed by atoms with Gasteiger partial charge in [0.15, 0.2) is 0 Å². The molecule has 1 aliphatic heterocycles. The lowest BCUT2D eigenvalue weighted by Crippen LogP contribution is -2.41. The third-order valence-corrected chi connectivity index (χ3v) is 4.59. The van der Waals surface area contributed by atoms with Crippen LogP contribution in [0.3, 0.4) is 0 Å². The van der Waals surface area contributed by atoms with E-state index in [9.17, 15) is 9.59 Å². The van der Waals surface area contributed by atoms with Crippen molar-refractivity contribution in [1.82, 2.24) is 15.2 Å². The minimum Gasteiger partial charge on any atom is -0.379 e. The number of amides is 1. The number of hydrogen-bond acceptors (Lipinski definition) is 4. The summed E-state index contributed by atoms with van der Waals surface area (Å²) in [6.45, 7) is 6.78. The van der Waals surface area contributed by atoms with Crippen molar-refractivity contribution >= 4 is 16.8 Å². The smallest absolute Gasteiger partial charge is 0.251 e. The molecule has 0 spiro atoms. The van der Waals surface area contributed by atoms with Crippen molar-refractivity contribution < 1.29 is 9.53 Å². The van der Waals surface area contributed by atoms with Crippen LogP contribution in [0.15, 0.2) is 29.1 Å². The van der Waals surface area contributed by atoms with Crippen LogP contribution in [0.4, 0.5) is 0 Å². The van der Waals surface area contributed by atoms with Crippen LogP contribution in [-0.4, -0.2) is 55.2 Å². The minimum absolute atomic E-state index is 0.0557. The van der Waals surface area contributed by atoms with Crippen LogP contribution in [-0.2, 0) is 16.0 Å². The van der Waals surface area contributed by atoms with E-state index in [1.165, 1.54) is 0 Å². The van der Waals surface area contributed by atoms with Gasteiger partial charge in [0, 0.05) is 43.7 Å². The van der Waals surface area contributed by atoms with E-state index in [4.69, 9.17) is 4.74 Å². The van der Waals surface area contributed by atoms with Gasteiger partial charge in [0.05, 0.1) is 13.2 Å². The Kier molecular flexibility index (Phi) is 5.83. The average Bonchev–Trinajstić information content (AvgIpc) is 2.62. The number of nitrogens with zero attached hydrogens (tertiary/aromatic N) is 1. The number of aryl methyl sites for hydroxylation is 2. The first-order chi connectivity index (χ1) is 12.1. The molecule has 2 heterocycles. The number of morpholine rings is 1. The van der Waals surface area contributed by atoms with Gasteiger partial charge >= 0.3 is 0 Å². The lowest BCUT2D eigenvalue weighted by Gasteiger charge is -2.26. The molecule has 25 heavy (non-hydrogen) atoms. The number of H-pyrrole nitrogens is 1. The third kappa shape index (κ3) is 4.90. The Morgan fingerprint density at radius 1 is 1.28 bits per heavy atom. The average molecular weight is 343 g/mol. The molecule has 0 unspecified atom stereocenters. The van der Waals surface area contributed by atoms with E-state index in [1.807, 2.05) is 24.3 Å².